The van der Waals surface area contributed by atoms with Crippen molar-refractivity contribution in [1.82, 2.24) is 24.4 Å². The molecule has 0 radical (unpaired) electrons. The number of methoxy groups -OCH3 is 1. The number of aromatic nitrogens is 3. The van der Waals surface area contributed by atoms with E-state index < -0.39 is 10.0 Å². The quantitative estimate of drug-likeness (QED) is 0.698. The van der Waals surface area contributed by atoms with Crippen LogP contribution in [0.1, 0.15) is 11.6 Å². The van der Waals surface area contributed by atoms with Gasteiger partial charge in [-0.05, 0) is 0 Å². The molecule has 0 saturated carbocycles. The number of rotatable bonds is 5. The highest BCUT2D eigenvalue weighted by Gasteiger charge is 2.21. The van der Waals surface area contributed by atoms with Crippen molar-refractivity contribution in [2.75, 3.05) is 33.1 Å². The fraction of sp³-hybridized carbons (Fsp3) is 0.727. The van der Waals surface area contributed by atoms with Crippen molar-refractivity contribution in [2.24, 2.45) is 0 Å². The van der Waals surface area contributed by atoms with E-state index in [2.05, 4.69) is 14.9 Å². The van der Waals surface area contributed by atoms with Gasteiger partial charge in [0.25, 0.3) is 0 Å². The number of nitrogens with one attached hydrogen (secondary N) is 1. The average Bonchev–Trinajstić information content (AvgIpc) is 2.66. The summed E-state index contributed by atoms with van der Waals surface area (Å²) < 4.78 is 31.4. The van der Waals surface area contributed by atoms with E-state index in [1.54, 1.807) is 4.90 Å². The van der Waals surface area contributed by atoms with E-state index in [0.717, 1.165) is 12.1 Å². The van der Waals surface area contributed by atoms with Crippen LogP contribution >= 0.6 is 0 Å². The molecule has 0 unspecified atom stereocenters. The SMILES string of the molecule is COCC(=O)N1CCc2nnc(CNS(C)(=O)=O)n2CC1. The Bertz CT molecular complexity index is 612. The fourth-order valence-corrected chi connectivity index (χ4v) is 2.56. The van der Waals surface area contributed by atoms with Crippen molar-refractivity contribution in [3.8, 4) is 0 Å². The van der Waals surface area contributed by atoms with Crippen molar-refractivity contribution < 1.29 is 17.9 Å². The lowest BCUT2D eigenvalue weighted by Gasteiger charge is -2.19. The average molecular weight is 317 g/mol. The molecule has 2 rings (SSSR count). The Kier molecular flexibility index (Phi) is 4.91. The zero-order valence-corrected chi connectivity index (χ0v) is 12.9. The van der Waals surface area contributed by atoms with Crippen molar-refractivity contribution in [2.45, 2.75) is 19.5 Å². The van der Waals surface area contributed by atoms with Crippen LogP contribution in [0.15, 0.2) is 0 Å². The smallest absolute Gasteiger partial charge is 0.248 e. The molecule has 10 heteroatoms. The third kappa shape index (κ3) is 4.22. The van der Waals surface area contributed by atoms with Gasteiger partial charge < -0.3 is 14.2 Å². The molecule has 21 heavy (non-hydrogen) atoms. The molecule has 0 atom stereocenters. The summed E-state index contributed by atoms with van der Waals surface area (Å²) >= 11 is 0. The first-order valence-electron chi connectivity index (χ1n) is 6.53. The summed E-state index contributed by atoms with van der Waals surface area (Å²) in [6.45, 7) is 1.78. The molecule has 1 aromatic rings. The molecule has 1 amide bonds. The number of carbonyl (C=O) groups excluding carboxylic acids is 1. The highest BCUT2D eigenvalue weighted by molar-refractivity contribution is 7.88. The lowest BCUT2D eigenvalue weighted by molar-refractivity contribution is -0.135. The maximum Gasteiger partial charge on any atom is 0.248 e. The van der Waals surface area contributed by atoms with E-state index in [-0.39, 0.29) is 19.1 Å². The Morgan fingerprint density at radius 2 is 2.10 bits per heavy atom. The van der Waals surface area contributed by atoms with Gasteiger partial charge in [0.15, 0.2) is 0 Å². The van der Waals surface area contributed by atoms with E-state index in [1.807, 2.05) is 4.57 Å². The molecule has 0 spiro atoms. The van der Waals surface area contributed by atoms with Gasteiger partial charge in [0.2, 0.25) is 15.9 Å². The van der Waals surface area contributed by atoms with Crippen LogP contribution in [0.25, 0.3) is 0 Å². The predicted molar refractivity (Wildman–Crippen MR) is 73.9 cm³/mol. The first-order valence-corrected chi connectivity index (χ1v) is 8.42. The first kappa shape index (κ1) is 15.9. The summed E-state index contributed by atoms with van der Waals surface area (Å²) in [6.07, 6.45) is 1.68. The molecule has 0 fully saturated rings. The number of fused-ring (bicyclic) bond motifs is 1. The molecule has 0 saturated heterocycles. The highest BCUT2D eigenvalue weighted by Crippen LogP contribution is 2.10. The van der Waals surface area contributed by atoms with Gasteiger partial charge >= 0.3 is 0 Å². The minimum Gasteiger partial charge on any atom is -0.375 e. The van der Waals surface area contributed by atoms with Crippen LogP contribution in [0.3, 0.4) is 0 Å². The molecule has 118 valence electrons. The normalized spacial score (nSPS) is 15.6. The molecule has 1 aliphatic heterocycles. The minimum atomic E-state index is -3.28. The second-order valence-corrected chi connectivity index (χ2v) is 6.67. The number of hydrogen-bond donors (Lipinski definition) is 1. The second kappa shape index (κ2) is 6.50. The second-order valence-electron chi connectivity index (χ2n) is 4.84. The van der Waals surface area contributed by atoms with Crippen LogP contribution < -0.4 is 4.72 Å². The number of nitrogens with zero attached hydrogens (tertiary/aromatic N) is 4. The summed E-state index contributed by atoms with van der Waals surface area (Å²) in [5.74, 6) is 1.25. The molecular formula is C11H19N5O4S. The molecule has 0 aromatic carbocycles. The molecule has 9 nitrogen and oxygen atoms in total. The third-order valence-electron chi connectivity index (χ3n) is 3.22. The number of carbonyl (C=O) groups is 1. The van der Waals surface area contributed by atoms with Crippen LogP contribution in [0.4, 0.5) is 0 Å². The van der Waals surface area contributed by atoms with Gasteiger partial charge in [-0.2, -0.15) is 0 Å². The van der Waals surface area contributed by atoms with Crippen molar-refractivity contribution in [1.29, 1.82) is 0 Å². The van der Waals surface area contributed by atoms with Gasteiger partial charge in [0.1, 0.15) is 18.3 Å². The van der Waals surface area contributed by atoms with Gasteiger partial charge in [0.05, 0.1) is 12.8 Å². The van der Waals surface area contributed by atoms with E-state index >= 15 is 0 Å². The summed E-state index contributed by atoms with van der Waals surface area (Å²) in [5.41, 5.74) is 0. The van der Waals surface area contributed by atoms with Crippen LogP contribution in [0.2, 0.25) is 0 Å². The number of ether oxygens (including phenoxy) is 1. The van der Waals surface area contributed by atoms with E-state index in [1.165, 1.54) is 7.11 Å². The maximum atomic E-state index is 11.8. The van der Waals surface area contributed by atoms with E-state index in [4.69, 9.17) is 4.74 Å². The standard InChI is InChI=1S/C11H19N5O4S/c1-20-8-11(17)15-4-3-9-13-14-10(16(9)6-5-15)7-12-21(2,18)19/h12H,3-8H2,1-2H3. The van der Waals surface area contributed by atoms with Crippen molar-refractivity contribution in [3.05, 3.63) is 11.6 Å². The van der Waals surface area contributed by atoms with Gasteiger partial charge in [-0.1, -0.05) is 0 Å². The monoisotopic (exact) mass is 317 g/mol. The summed E-state index contributed by atoms with van der Waals surface area (Å²) in [7, 11) is -1.79. The summed E-state index contributed by atoms with van der Waals surface area (Å²) in [5, 5.41) is 8.07. The lowest BCUT2D eigenvalue weighted by atomic mass is 10.3. The molecule has 1 N–H and O–H groups in total. The Labute approximate surface area is 123 Å². The maximum absolute atomic E-state index is 11.8. The molecule has 0 aliphatic carbocycles. The number of sulfonamides is 1. The zero-order chi connectivity index (χ0) is 15.5. The Hall–Kier alpha value is -1.52. The van der Waals surface area contributed by atoms with Gasteiger partial charge in [0, 0.05) is 33.2 Å². The topological polar surface area (TPSA) is 106 Å². The van der Waals surface area contributed by atoms with Gasteiger partial charge in [-0.3, -0.25) is 4.79 Å². The molecule has 1 aromatic heterocycles. The third-order valence-corrected chi connectivity index (χ3v) is 3.88. The lowest BCUT2D eigenvalue weighted by Crippen LogP contribution is -2.36. The minimum absolute atomic E-state index is 0.0586. The fourth-order valence-electron chi connectivity index (χ4n) is 2.17. The Balaban J connectivity index is 2.05. The van der Waals surface area contributed by atoms with E-state index in [0.29, 0.717) is 31.9 Å². The van der Waals surface area contributed by atoms with Crippen molar-refractivity contribution >= 4 is 15.9 Å². The summed E-state index contributed by atoms with van der Waals surface area (Å²) in [6, 6.07) is 0. The van der Waals surface area contributed by atoms with Crippen LogP contribution in [0, 0.1) is 0 Å². The Morgan fingerprint density at radius 3 is 2.76 bits per heavy atom. The largest absolute Gasteiger partial charge is 0.375 e. The zero-order valence-electron chi connectivity index (χ0n) is 12.1. The van der Waals surface area contributed by atoms with Crippen molar-refractivity contribution in [3.63, 3.8) is 0 Å². The molecule has 1 aliphatic rings. The van der Waals surface area contributed by atoms with Crippen LogP contribution in [-0.2, 0) is 39.1 Å². The van der Waals surface area contributed by atoms with Crippen LogP contribution in [-0.4, -0.2) is 67.1 Å². The molecule has 0 bridgehead atoms. The summed E-state index contributed by atoms with van der Waals surface area (Å²) in [4.78, 5) is 13.5. The number of amides is 1. The Morgan fingerprint density at radius 1 is 1.33 bits per heavy atom. The van der Waals surface area contributed by atoms with Gasteiger partial charge in [-0.25, -0.2) is 13.1 Å². The highest BCUT2D eigenvalue weighted by atomic mass is 32.2. The number of hydrogen-bond acceptors (Lipinski definition) is 6. The predicted octanol–water partition coefficient (Wildman–Crippen LogP) is -1.64. The molecule has 2 heterocycles. The van der Waals surface area contributed by atoms with E-state index in [9.17, 15) is 13.2 Å². The first-order chi connectivity index (χ1) is 9.90. The van der Waals surface area contributed by atoms with Crippen LogP contribution in [0.5, 0.6) is 0 Å². The molecular weight excluding hydrogens is 298 g/mol. The van der Waals surface area contributed by atoms with Gasteiger partial charge in [-0.15, -0.1) is 10.2 Å².